The van der Waals surface area contributed by atoms with Gasteiger partial charge in [-0.25, -0.2) is 5.10 Å². The number of anilines is 1. The molecule has 10 heteroatoms. The number of fused-ring (bicyclic) bond motifs is 1. The molecule has 0 aliphatic heterocycles. The summed E-state index contributed by atoms with van der Waals surface area (Å²) in [6.45, 7) is 5.42. The third-order valence-corrected chi connectivity index (χ3v) is 5.27. The van der Waals surface area contributed by atoms with Crippen molar-refractivity contribution in [1.82, 2.24) is 25.0 Å². The Labute approximate surface area is 152 Å². The van der Waals surface area contributed by atoms with E-state index in [-0.39, 0.29) is 17.5 Å². The van der Waals surface area contributed by atoms with Crippen LogP contribution in [0.1, 0.15) is 36.2 Å². The van der Waals surface area contributed by atoms with E-state index in [4.69, 9.17) is 4.42 Å². The predicted octanol–water partition coefficient (Wildman–Crippen LogP) is 2.10. The quantitative estimate of drug-likeness (QED) is 0.656. The van der Waals surface area contributed by atoms with Gasteiger partial charge in [0.25, 0.3) is 5.56 Å². The third kappa shape index (κ3) is 2.90. The Morgan fingerprint density at radius 1 is 1.31 bits per heavy atom. The molecule has 1 fully saturated rings. The zero-order chi connectivity index (χ0) is 18.4. The number of aryl methyl sites for hydroxylation is 3. The molecule has 0 unspecified atom stereocenters. The summed E-state index contributed by atoms with van der Waals surface area (Å²) >= 11 is 1.32. The number of H-pyrrole nitrogens is 1. The van der Waals surface area contributed by atoms with E-state index in [0.29, 0.717) is 28.3 Å². The van der Waals surface area contributed by atoms with Gasteiger partial charge in [-0.15, -0.1) is 10.2 Å². The Balaban J connectivity index is 1.52. The summed E-state index contributed by atoms with van der Waals surface area (Å²) in [6, 6.07) is 0.446. The van der Waals surface area contributed by atoms with Gasteiger partial charge in [0, 0.05) is 6.04 Å². The number of hydrogen-bond acceptors (Lipinski definition) is 7. The summed E-state index contributed by atoms with van der Waals surface area (Å²) in [4.78, 5) is 24.5. The van der Waals surface area contributed by atoms with Gasteiger partial charge < -0.3 is 8.98 Å². The van der Waals surface area contributed by atoms with Gasteiger partial charge in [0.05, 0.1) is 16.8 Å². The normalized spacial score (nSPS) is 14.1. The second-order valence-corrected chi connectivity index (χ2v) is 7.29. The number of aromatic nitrogens is 5. The molecule has 0 radical (unpaired) electrons. The van der Waals surface area contributed by atoms with Crippen molar-refractivity contribution < 1.29 is 9.21 Å². The molecule has 3 aromatic rings. The lowest BCUT2D eigenvalue weighted by Gasteiger charge is -2.06. The first-order chi connectivity index (χ1) is 12.5. The van der Waals surface area contributed by atoms with Crippen LogP contribution in [0.15, 0.2) is 14.4 Å². The van der Waals surface area contributed by atoms with Gasteiger partial charge in [0.1, 0.15) is 17.0 Å². The lowest BCUT2D eigenvalue weighted by Crippen LogP contribution is -2.17. The van der Waals surface area contributed by atoms with Crippen molar-refractivity contribution in [2.24, 2.45) is 0 Å². The Morgan fingerprint density at radius 2 is 2.08 bits per heavy atom. The number of carbonyl (C=O) groups excluding carboxylic acids is 1. The van der Waals surface area contributed by atoms with Crippen LogP contribution in [0.5, 0.6) is 0 Å². The lowest BCUT2D eigenvalue weighted by atomic mass is 10.2. The smallest absolute Gasteiger partial charge is 0.277 e. The predicted molar refractivity (Wildman–Crippen MR) is 96.5 cm³/mol. The molecule has 1 aliphatic carbocycles. The number of nitrogens with zero attached hydrogens (tertiary/aromatic N) is 4. The first-order valence-corrected chi connectivity index (χ1v) is 9.26. The van der Waals surface area contributed by atoms with Crippen molar-refractivity contribution in [2.75, 3.05) is 11.1 Å². The standard InChI is InChI=1S/C16H18N6O3S/c1-7-12-8(2)25-15(13(12)14(24)20-18-7)17-11(23)6-26-16-21-19-9(3)22(16)10-4-5-10/h10H,4-6H2,1-3H3,(H,17,23)(H,20,24). The van der Waals surface area contributed by atoms with E-state index in [1.807, 2.05) is 6.92 Å². The lowest BCUT2D eigenvalue weighted by molar-refractivity contribution is -0.113. The highest BCUT2D eigenvalue weighted by atomic mass is 32.2. The number of nitrogens with one attached hydrogen (secondary N) is 2. The van der Waals surface area contributed by atoms with E-state index >= 15 is 0 Å². The molecule has 0 aromatic carbocycles. The number of hydrogen-bond donors (Lipinski definition) is 2. The fourth-order valence-corrected chi connectivity index (χ4v) is 3.88. The molecule has 9 nitrogen and oxygen atoms in total. The van der Waals surface area contributed by atoms with Gasteiger partial charge in [-0.05, 0) is 33.6 Å². The van der Waals surface area contributed by atoms with E-state index in [2.05, 4.69) is 30.3 Å². The van der Waals surface area contributed by atoms with Crippen LogP contribution in [0.25, 0.3) is 10.8 Å². The van der Waals surface area contributed by atoms with E-state index in [1.165, 1.54) is 11.8 Å². The fourth-order valence-electron chi connectivity index (χ4n) is 3.03. The summed E-state index contributed by atoms with van der Waals surface area (Å²) in [5.41, 5.74) is 0.248. The van der Waals surface area contributed by atoms with Gasteiger partial charge in [0.15, 0.2) is 5.16 Å². The molecule has 1 aliphatic rings. The molecule has 1 amide bonds. The number of rotatable bonds is 5. The Morgan fingerprint density at radius 3 is 2.81 bits per heavy atom. The summed E-state index contributed by atoms with van der Waals surface area (Å²) in [5, 5.41) is 18.9. The molecule has 3 heterocycles. The SMILES string of the molecule is Cc1n[nH]c(=O)c2c(NC(=O)CSc3nnc(C)n3C3CC3)oc(C)c12. The topological polar surface area (TPSA) is 119 Å². The molecule has 0 saturated heterocycles. The molecule has 3 aromatic heterocycles. The van der Waals surface area contributed by atoms with Gasteiger partial charge in [-0.1, -0.05) is 11.8 Å². The Bertz CT molecular complexity index is 1060. The second-order valence-electron chi connectivity index (χ2n) is 6.34. The van der Waals surface area contributed by atoms with E-state index in [0.717, 1.165) is 23.8 Å². The van der Waals surface area contributed by atoms with E-state index in [9.17, 15) is 9.59 Å². The maximum Gasteiger partial charge on any atom is 0.277 e. The molecule has 0 spiro atoms. The van der Waals surface area contributed by atoms with Crippen LogP contribution < -0.4 is 10.9 Å². The zero-order valence-electron chi connectivity index (χ0n) is 14.6. The van der Waals surface area contributed by atoms with Crippen LogP contribution in [0.3, 0.4) is 0 Å². The second kappa shape index (κ2) is 6.27. The number of amides is 1. The molecule has 0 bridgehead atoms. The van der Waals surface area contributed by atoms with Gasteiger partial charge >= 0.3 is 0 Å². The van der Waals surface area contributed by atoms with Crippen LogP contribution in [-0.2, 0) is 4.79 Å². The van der Waals surface area contributed by atoms with Crippen LogP contribution in [-0.4, -0.2) is 36.6 Å². The number of carbonyl (C=O) groups is 1. The minimum atomic E-state index is -0.394. The van der Waals surface area contributed by atoms with E-state index in [1.54, 1.807) is 13.8 Å². The number of furan rings is 1. The van der Waals surface area contributed by atoms with Crippen LogP contribution in [0, 0.1) is 20.8 Å². The fraction of sp³-hybridized carbons (Fsp3) is 0.438. The highest BCUT2D eigenvalue weighted by molar-refractivity contribution is 7.99. The average molecular weight is 374 g/mol. The molecular formula is C16H18N6O3S. The third-order valence-electron chi connectivity index (χ3n) is 4.33. The molecule has 2 N–H and O–H groups in total. The highest BCUT2D eigenvalue weighted by Crippen LogP contribution is 2.38. The molecule has 136 valence electrons. The maximum absolute atomic E-state index is 12.4. The van der Waals surface area contributed by atoms with Gasteiger partial charge in [-0.3, -0.25) is 14.9 Å². The maximum atomic E-state index is 12.4. The Hall–Kier alpha value is -2.62. The summed E-state index contributed by atoms with van der Waals surface area (Å²) < 4.78 is 7.66. The minimum absolute atomic E-state index is 0.147. The van der Waals surface area contributed by atoms with Crippen LogP contribution in [0.2, 0.25) is 0 Å². The zero-order valence-corrected chi connectivity index (χ0v) is 15.4. The van der Waals surface area contributed by atoms with Crippen molar-refractivity contribution in [3.8, 4) is 0 Å². The van der Waals surface area contributed by atoms with Crippen molar-refractivity contribution in [3.05, 3.63) is 27.6 Å². The first-order valence-electron chi connectivity index (χ1n) is 8.28. The molecular weight excluding hydrogens is 356 g/mol. The summed E-state index contributed by atoms with van der Waals surface area (Å²) in [5.74, 6) is 1.42. The van der Waals surface area contributed by atoms with Crippen molar-refractivity contribution in [3.63, 3.8) is 0 Å². The van der Waals surface area contributed by atoms with Crippen LogP contribution >= 0.6 is 11.8 Å². The van der Waals surface area contributed by atoms with Crippen molar-refractivity contribution >= 4 is 34.3 Å². The van der Waals surface area contributed by atoms with Crippen LogP contribution in [0.4, 0.5) is 5.88 Å². The first kappa shape index (κ1) is 16.8. The minimum Gasteiger partial charge on any atom is -0.444 e. The van der Waals surface area contributed by atoms with E-state index < -0.39 is 5.56 Å². The Kier molecular flexibility index (Phi) is 4.06. The van der Waals surface area contributed by atoms with Gasteiger partial charge in [-0.2, -0.15) is 5.10 Å². The largest absolute Gasteiger partial charge is 0.444 e. The number of aromatic amines is 1. The molecule has 4 rings (SSSR count). The highest BCUT2D eigenvalue weighted by Gasteiger charge is 2.28. The van der Waals surface area contributed by atoms with Gasteiger partial charge in [0.2, 0.25) is 11.8 Å². The summed E-state index contributed by atoms with van der Waals surface area (Å²) in [6.07, 6.45) is 2.24. The monoisotopic (exact) mass is 374 g/mol. The van der Waals surface area contributed by atoms with Crippen molar-refractivity contribution in [1.29, 1.82) is 0 Å². The summed E-state index contributed by atoms with van der Waals surface area (Å²) in [7, 11) is 0. The molecule has 1 saturated carbocycles. The number of thioether (sulfide) groups is 1. The molecule has 0 atom stereocenters. The van der Waals surface area contributed by atoms with Crippen molar-refractivity contribution in [2.45, 2.75) is 44.8 Å². The average Bonchev–Trinajstić information content (AvgIpc) is 3.28. The molecule has 26 heavy (non-hydrogen) atoms.